The molecule has 9 heteroatoms. The van der Waals surface area contributed by atoms with Crippen molar-refractivity contribution in [1.29, 1.82) is 0 Å². The van der Waals surface area contributed by atoms with Gasteiger partial charge in [0.05, 0.1) is 6.61 Å². The van der Waals surface area contributed by atoms with Crippen LogP contribution in [0, 0.1) is 5.82 Å². The molecule has 31 heavy (non-hydrogen) atoms. The zero-order valence-corrected chi connectivity index (χ0v) is 17.5. The van der Waals surface area contributed by atoms with E-state index in [1.807, 2.05) is 18.9 Å². The van der Waals surface area contributed by atoms with Crippen LogP contribution in [0.3, 0.4) is 0 Å². The normalized spacial score (nSPS) is 13.5. The van der Waals surface area contributed by atoms with Gasteiger partial charge in [-0.3, -0.25) is 4.99 Å². The number of ether oxygens (including phenoxy) is 3. The van der Waals surface area contributed by atoms with Gasteiger partial charge in [0.15, 0.2) is 12.8 Å². The number of nitrogens with one attached hydrogen (secondary N) is 1. The molecule has 1 aliphatic heterocycles. The lowest BCUT2D eigenvalue weighted by molar-refractivity contribution is -0.0498. The van der Waals surface area contributed by atoms with Gasteiger partial charge in [0.2, 0.25) is 0 Å². The maximum Gasteiger partial charge on any atom is 0.387 e. The number of nitrogens with zero attached hydrogens (tertiary/aromatic N) is 2. The predicted molar refractivity (Wildman–Crippen MR) is 111 cm³/mol. The Labute approximate surface area is 179 Å². The first kappa shape index (κ1) is 22.7. The van der Waals surface area contributed by atoms with E-state index >= 15 is 0 Å². The Morgan fingerprint density at radius 1 is 1.26 bits per heavy atom. The van der Waals surface area contributed by atoms with Gasteiger partial charge in [-0.05, 0) is 48.7 Å². The minimum absolute atomic E-state index is 0.119. The monoisotopic (exact) mass is 437 g/mol. The number of fused-ring (bicyclic) bond motifs is 1. The topological polar surface area (TPSA) is 55.3 Å². The van der Waals surface area contributed by atoms with Crippen molar-refractivity contribution in [3.8, 4) is 11.5 Å². The van der Waals surface area contributed by atoms with Crippen LogP contribution in [0.15, 0.2) is 41.4 Å². The zero-order chi connectivity index (χ0) is 22.2. The minimum Gasteiger partial charge on any atom is -0.467 e. The fourth-order valence-electron chi connectivity index (χ4n) is 3.32. The van der Waals surface area contributed by atoms with Crippen molar-refractivity contribution in [2.24, 2.45) is 4.99 Å². The summed E-state index contributed by atoms with van der Waals surface area (Å²) in [5.41, 5.74) is 2.38. The van der Waals surface area contributed by atoms with Crippen molar-refractivity contribution in [2.45, 2.75) is 33.1 Å². The summed E-state index contributed by atoms with van der Waals surface area (Å²) in [5.74, 6) is 1.15. The summed E-state index contributed by atoms with van der Waals surface area (Å²) in [4.78, 5) is 6.57. The van der Waals surface area contributed by atoms with Gasteiger partial charge in [0.25, 0.3) is 0 Å². The number of halogens is 3. The summed E-state index contributed by atoms with van der Waals surface area (Å²) in [5, 5.41) is 3.23. The first-order chi connectivity index (χ1) is 15.0. The quantitative estimate of drug-likeness (QED) is 0.501. The SMILES string of the molecule is CCNC(=NCCc1cc(F)cc2c1OCOC2)N(C)Cc1ccc(OC(F)F)cc1. The van der Waals surface area contributed by atoms with E-state index in [4.69, 9.17) is 9.47 Å². The molecule has 1 aliphatic rings. The van der Waals surface area contributed by atoms with Crippen molar-refractivity contribution in [3.63, 3.8) is 0 Å². The molecule has 0 fully saturated rings. The van der Waals surface area contributed by atoms with Gasteiger partial charge < -0.3 is 24.4 Å². The Balaban J connectivity index is 1.64. The van der Waals surface area contributed by atoms with Crippen molar-refractivity contribution < 1.29 is 27.4 Å². The second kappa shape index (κ2) is 10.9. The average Bonchev–Trinajstić information content (AvgIpc) is 2.74. The van der Waals surface area contributed by atoms with E-state index in [9.17, 15) is 13.2 Å². The van der Waals surface area contributed by atoms with Crippen molar-refractivity contribution in [1.82, 2.24) is 10.2 Å². The van der Waals surface area contributed by atoms with Crippen LogP contribution in [0.4, 0.5) is 13.2 Å². The molecule has 6 nitrogen and oxygen atoms in total. The van der Waals surface area contributed by atoms with Crippen LogP contribution in [0.1, 0.15) is 23.6 Å². The Morgan fingerprint density at radius 2 is 2.03 bits per heavy atom. The van der Waals surface area contributed by atoms with Crippen LogP contribution in [0.2, 0.25) is 0 Å². The molecule has 0 atom stereocenters. The van der Waals surface area contributed by atoms with E-state index < -0.39 is 6.61 Å². The van der Waals surface area contributed by atoms with E-state index in [2.05, 4.69) is 15.0 Å². The molecule has 1 heterocycles. The number of rotatable bonds is 8. The summed E-state index contributed by atoms with van der Waals surface area (Å²) >= 11 is 0. The molecule has 0 bridgehead atoms. The van der Waals surface area contributed by atoms with Crippen LogP contribution >= 0.6 is 0 Å². The second-order valence-electron chi connectivity index (χ2n) is 7.03. The molecule has 3 rings (SSSR count). The Bertz CT molecular complexity index is 892. The van der Waals surface area contributed by atoms with Gasteiger partial charge in [-0.25, -0.2) is 4.39 Å². The van der Waals surface area contributed by atoms with Crippen molar-refractivity contribution in [3.05, 3.63) is 58.9 Å². The minimum atomic E-state index is -2.84. The molecule has 0 spiro atoms. The van der Waals surface area contributed by atoms with Gasteiger partial charge in [-0.2, -0.15) is 8.78 Å². The third kappa shape index (κ3) is 6.52. The lowest BCUT2D eigenvalue weighted by Crippen LogP contribution is -2.38. The first-order valence-electron chi connectivity index (χ1n) is 10.0. The van der Waals surface area contributed by atoms with Gasteiger partial charge in [-0.1, -0.05) is 12.1 Å². The molecule has 0 radical (unpaired) electrons. The molecule has 0 aliphatic carbocycles. The number of aliphatic imine (C=N–C) groups is 1. The van der Waals surface area contributed by atoms with Crippen LogP contribution in [0.25, 0.3) is 0 Å². The highest BCUT2D eigenvalue weighted by Gasteiger charge is 2.17. The van der Waals surface area contributed by atoms with E-state index in [1.165, 1.54) is 24.3 Å². The standard InChI is InChI=1S/C22H26F3N3O3/c1-3-26-22(28(2)12-15-4-6-19(7-5-15)31-21(24)25)27-9-8-16-10-18(23)11-17-13-29-14-30-20(16)17/h4-7,10-11,21H,3,8-9,12-14H2,1-2H3,(H,26,27). The van der Waals surface area contributed by atoms with Gasteiger partial charge in [0.1, 0.15) is 17.3 Å². The molecule has 2 aromatic carbocycles. The smallest absolute Gasteiger partial charge is 0.387 e. The molecule has 1 N–H and O–H groups in total. The lowest BCUT2D eigenvalue weighted by atomic mass is 10.1. The van der Waals surface area contributed by atoms with E-state index in [0.29, 0.717) is 49.9 Å². The molecule has 2 aromatic rings. The molecule has 0 saturated carbocycles. The maximum absolute atomic E-state index is 13.9. The highest BCUT2D eigenvalue weighted by Crippen LogP contribution is 2.29. The fourth-order valence-corrected chi connectivity index (χ4v) is 3.32. The Morgan fingerprint density at radius 3 is 2.74 bits per heavy atom. The van der Waals surface area contributed by atoms with Gasteiger partial charge in [0, 0.05) is 32.2 Å². The summed E-state index contributed by atoms with van der Waals surface area (Å²) < 4.78 is 53.6. The summed E-state index contributed by atoms with van der Waals surface area (Å²) in [6, 6.07) is 9.38. The van der Waals surface area contributed by atoms with Crippen molar-refractivity contribution >= 4 is 5.96 Å². The van der Waals surface area contributed by atoms with E-state index in [0.717, 1.165) is 11.1 Å². The average molecular weight is 437 g/mol. The second-order valence-corrected chi connectivity index (χ2v) is 7.03. The first-order valence-corrected chi connectivity index (χ1v) is 10.0. The fraction of sp³-hybridized carbons (Fsp3) is 0.409. The number of guanidine groups is 1. The van der Waals surface area contributed by atoms with Crippen molar-refractivity contribution in [2.75, 3.05) is 26.9 Å². The number of alkyl halides is 2. The van der Waals surface area contributed by atoms with E-state index in [1.54, 1.807) is 12.1 Å². The summed E-state index contributed by atoms with van der Waals surface area (Å²) in [7, 11) is 1.88. The highest BCUT2D eigenvalue weighted by atomic mass is 19.3. The molecule has 0 aromatic heterocycles. The lowest BCUT2D eigenvalue weighted by Gasteiger charge is -2.23. The molecule has 0 unspecified atom stereocenters. The third-order valence-electron chi connectivity index (χ3n) is 4.66. The van der Waals surface area contributed by atoms with Crippen LogP contribution in [-0.2, 0) is 24.3 Å². The molecule has 0 saturated heterocycles. The number of benzene rings is 2. The molecular weight excluding hydrogens is 411 g/mol. The van der Waals surface area contributed by atoms with Crippen LogP contribution in [0.5, 0.6) is 11.5 Å². The van der Waals surface area contributed by atoms with Crippen LogP contribution < -0.4 is 14.8 Å². The predicted octanol–water partition coefficient (Wildman–Crippen LogP) is 3.93. The largest absolute Gasteiger partial charge is 0.467 e. The van der Waals surface area contributed by atoms with Gasteiger partial charge in [-0.15, -0.1) is 0 Å². The summed E-state index contributed by atoms with van der Waals surface area (Å²) in [6.07, 6.45) is 0.516. The Hall–Kier alpha value is -2.94. The summed E-state index contributed by atoms with van der Waals surface area (Å²) in [6.45, 7) is 1.25. The van der Waals surface area contributed by atoms with Crippen LogP contribution in [-0.4, -0.2) is 44.4 Å². The zero-order valence-electron chi connectivity index (χ0n) is 17.5. The number of hydrogen-bond donors (Lipinski definition) is 1. The maximum atomic E-state index is 13.9. The molecule has 168 valence electrons. The molecule has 0 amide bonds. The molecular formula is C22H26F3N3O3. The van der Waals surface area contributed by atoms with Gasteiger partial charge >= 0.3 is 6.61 Å². The Kier molecular flexibility index (Phi) is 8.00. The number of hydrogen-bond acceptors (Lipinski definition) is 4. The van der Waals surface area contributed by atoms with E-state index in [-0.39, 0.29) is 18.4 Å². The highest BCUT2D eigenvalue weighted by molar-refractivity contribution is 5.79. The third-order valence-corrected chi connectivity index (χ3v) is 4.66.